The van der Waals surface area contributed by atoms with E-state index in [9.17, 15) is 0 Å². The van der Waals surface area contributed by atoms with Crippen molar-refractivity contribution in [3.63, 3.8) is 0 Å². The Balaban J connectivity index is 2.29. The Bertz CT molecular complexity index is 367. The number of benzene rings is 1. The molecule has 0 spiro atoms. The van der Waals surface area contributed by atoms with Crippen molar-refractivity contribution in [2.75, 3.05) is 18.5 Å². The number of unbranched alkanes of at least 4 members (excludes halogenated alkanes) is 1. The van der Waals surface area contributed by atoms with Crippen LogP contribution in [0.1, 0.15) is 19.8 Å². The van der Waals surface area contributed by atoms with E-state index in [1.165, 1.54) is 5.69 Å². The fraction of sp³-hybridized carbons (Fsp3) is 0.333. The summed E-state index contributed by atoms with van der Waals surface area (Å²) >= 11 is 0. The summed E-state index contributed by atoms with van der Waals surface area (Å²) in [5.74, 6) is 5.95. The average molecular weight is 213 g/mol. The summed E-state index contributed by atoms with van der Waals surface area (Å²) in [6.07, 6.45) is 6.40. The predicted molar refractivity (Wildman–Crippen MR) is 71.5 cm³/mol. The van der Waals surface area contributed by atoms with E-state index in [4.69, 9.17) is 0 Å². The van der Waals surface area contributed by atoms with Gasteiger partial charge in [-0.2, -0.15) is 0 Å². The lowest BCUT2D eigenvalue weighted by Crippen LogP contribution is -2.16. The first kappa shape index (κ1) is 12.4. The standard InChI is InChI=1S/C15H19N/c1-3-4-5-6-7-11-14-16(2)15-12-9-8-10-13-15/h7-13H,5-6,14H2,1-2H3/b11-7-. The van der Waals surface area contributed by atoms with Gasteiger partial charge in [-0.3, -0.25) is 0 Å². The van der Waals surface area contributed by atoms with Crippen LogP contribution in [-0.4, -0.2) is 13.6 Å². The molecule has 0 aliphatic carbocycles. The van der Waals surface area contributed by atoms with Crippen LogP contribution in [0, 0.1) is 11.8 Å². The van der Waals surface area contributed by atoms with Crippen LogP contribution in [0.2, 0.25) is 0 Å². The van der Waals surface area contributed by atoms with Crippen LogP contribution in [-0.2, 0) is 0 Å². The van der Waals surface area contributed by atoms with Crippen molar-refractivity contribution in [3.05, 3.63) is 42.5 Å². The van der Waals surface area contributed by atoms with E-state index >= 15 is 0 Å². The van der Waals surface area contributed by atoms with E-state index in [-0.39, 0.29) is 0 Å². The van der Waals surface area contributed by atoms with Gasteiger partial charge in [0, 0.05) is 25.7 Å². The summed E-state index contributed by atoms with van der Waals surface area (Å²) in [5, 5.41) is 0. The number of nitrogens with zero attached hydrogens (tertiary/aromatic N) is 1. The molecule has 0 bridgehead atoms. The minimum absolute atomic E-state index is 0.948. The van der Waals surface area contributed by atoms with Gasteiger partial charge in [-0.15, -0.1) is 11.8 Å². The molecule has 0 saturated heterocycles. The maximum absolute atomic E-state index is 3.05. The van der Waals surface area contributed by atoms with Gasteiger partial charge in [0.1, 0.15) is 0 Å². The Morgan fingerprint density at radius 1 is 1.19 bits per heavy atom. The molecule has 1 aromatic carbocycles. The molecule has 0 saturated carbocycles. The van der Waals surface area contributed by atoms with Gasteiger partial charge in [-0.05, 0) is 25.5 Å². The van der Waals surface area contributed by atoms with Crippen molar-refractivity contribution in [3.8, 4) is 11.8 Å². The lowest BCUT2D eigenvalue weighted by Gasteiger charge is -2.16. The molecule has 1 nitrogen and oxygen atoms in total. The molecule has 16 heavy (non-hydrogen) atoms. The molecule has 0 N–H and O–H groups in total. The second-order valence-corrected chi connectivity index (χ2v) is 3.65. The average Bonchev–Trinajstić information content (AvgIpc) is 2.34. The third kappa shape index (κ3) is 4.70. The molecular formula is C15H19N. The highest BCUT2D eigenvalue weighted by molar-refractivity contribution is 5.45. The molecule has 0 heterocycles. The van der Waals surface area contributed by atoms with Crippen LogP contribution in [0.4, 0.5) is 5.69 Å². The van der Waals surface area contributed by atoms with Crippen molar-refractivity contribution in [2.24, 2.45) is 0 Å². The van der Waals surface area contributed by atoms with Crippen LogP contribution >= 0.6 is 0 Å². The molecule has 0 unspecified atom stereocenters. The summed E-state index contributed by atoms with van der Waals surface area (Å²) in [7, 11) is 2.10. The lowest BCUT2D eigenvalue weighted by atomic mass is 10.2. The third-order valence-corrected chi connectivity index (χ3v) is 2.36. The number of rotatable bonds is 5. The molecule has 0 radical (unpaired) electrons. The van der Waals surface area contributed by atoms with Crippen molar-refractivity contribution in [2.45, 2.75) is 19.8 Å². The number of allylic oxidation sites excluding steroid dienone is 1. The zero-order valence-electron chi connectivity index (χ0n) is 10.1. The van der Waals surface area contributed by atoms with E-state index < -0.39 is 0 Å². The Hall–Kier alpha value is -1.68. The summed E-state index contributed by atoms with van der Waals surface area (Å²) in [6.45, 7) is 2.83. The molecule has 0 aliphatic rings. The van der Waals surface area contributed by atoms with Crippen LogP contribution in [0.5, 0.6) is 0 Å². The molecule has 1 heteroatoms. The number of anilines is 1. The SMILES string of the molecule is CC#CCC/C=C\CN(C)c1ccccc1. The second-order valence-electron chi connectivity index (χ2n) is 3.65. The Labute approximate surface area is 98.8 Å². The van der Waals surface area contributed by atoms with E-state index in [2.05, 4.69) is 60.2 Å². The normalized spacial score (nSPS) is 9.88. The molecule has 0 aliphatic heterocycles. The van der Waals surface area contributed by atoms with Crippen molar-refractivity contribution in [1.82, 2.24) is 0 Å². The Morgan fingerprint density at radius 3 is 2.62 bits per heavy atom. The topological polar surface area (TPSA) is 3.24 Å². The zero-order chi connectivity index (χ0) is 11.6. The highest BCUT2D eigenvalue weighted by Gasteiger charge is 1.94. The Kier molecular flexibility index (Phi) is 5.88. The first-order valence-electron chi connectivity index (χ1n) is 5.65. The minimum Gasteiger partial charge on any atom is -0.371 e. The number of hydrogen-bond acceptors (Lipinski definition) is 1. The van der Waals surface area contributed by atoms with Crippen molar-refractivity contribution < 1.29 is 0 Å². The summed E-state index contributed by atoms with van der Waals surface area (Å²) < 4.78 is 0. The van der Waals surface area contributed by atoms with Gasteiger partial charge < -0.3 is 4.90 Å². The molecule has 1 rings (SSSR count). The van der Waals surface area contributed by atoms with E-state index in [0.717, 1.165) is 19.4 Å². The third-order valence-electron chi connectivity index (χ3n) is 2.36. The minimum atomic E-state index is 0.948. The fourth-order valence-electron chi connectivity index (χ4n) is 1.42. The predicted octanol–water partition coefficient (Wildman–Crippen LogP) is 3.48. The smallest absolute Gasteiger partial charge is 0.0366 e. The van der Waals surface area contributed by atoms with Crippen molar-refractivity contribution in [1.29, 1.82) is 0 Å². The summed E-state index contributed by atoms with van der Waals surface area (Å²) in [6, 6.07) is 10.4. The fourth-order valence-corrected chi connectivity index (χ4v) is 1.42. The van der Waals surface area contributed by atoms with Crippen molar-refractivity contribution >= 4 is 5.69 Å². The van der Waals surface area contributed by atoms with Gasteiger partial charge >= 0.3 is 0 Å². The van der Waals surface area contributed by atoms with Gasteiger partial charge in [-0.1, -0.05) is 30.4 Å². The highest BCUT2D eigenvalue weighted by Crippen LogP contribution is 2.10. The maximum atomic E-state index is 3.05. The monoisotopic (exact) mass is 213 g/mol. The van der Waals surface area contributed by atoms with E-state index in [1.807, 2.05) is 13.0 Å². The quantitative estimate of drug-likeness (QED) is 0.411. The van der Waals surface area contributed by atoms with Crippen LogP contribution in [0.15, 0.2) is 42.5 Å². The van der Waals surface area contributed by atoms with Crippen LogP contribution in [0.3, 0.4) is 0 Å². The molecule has 0 amide bonds. The largest absolute Gasteiger partial charge is 0.371 e. The van der Waals surface area contributed by atoms with Crippen LogP contribution < -0.4 is 4.90 Å². The summed E-state index contributed by atoms with van der Waals surface area (Å²) in [4.78, 5) is 2.22. The van der Waals surface area contributed by atoms with E-state index in [0.29, 0.717) is 0 Å². The van der Waals surface area contributed by atoms with Gasteiger partial charge in [0.25, 0.3) is 0 Å². The number of likely N-dealkylation sites (N-methyl/N-ethyl adjacent to an activating group) is 1. The first-order chi connectivity index (χ1) is 7.84. The molecular weight excluding hydrogens is 194 g/mol. The van der Waals surface area contributed by atoms with Gasteiger partial charge in [0.05, 0.1) is 0 Å². The number of hydrogen-bond donors (Lipinski definition) is 0. The maximum Gasteiger partial charge on any atom is 0.0366 e. The van der Waals surface area contributed by atoms with Crippen LogP contribution in [0.25, 0.3) is 0 Å². The second kappa shape index (κ2) is 7.59. The number of para-hydroxylation sites is 1. The van der Waals surface area contributed by atoms with Gasteiger partial charge in [-0.25, -0.2) is 0 Å². The van der Waals surface area contributed by atoms with Gasteiger partial charge in [0.15, 0.2) is 0 Å². The first-order valence-corrected chi connectivity index (χ1v) is 5.65. The van der Waals surface area contributed by atoms with Gasteiger partial charge in [0.2, 0.25) is 0 Å². The zero-order valence-corrected chi connectivity index (χ0v) is 10.1. The molecule has 0 fully saturated rings. The lowest BCUT2D eigenvalue weighted by molar-refractivity contribution is 1.01. The summed E-state index contributed by atoms with van der Waals surface area (Å²) in [5.41, 5.74) is 1.25. The Morgan fingerprint density at radius 2 is 1.94 bits per heavy atom. The molecule has 0 atom stereocenters. The molecule has 1 aromatic rings. The highest BCUT2D eigenvalue weighted by atomic mass is 15.1. The molecule has 0 aromatic heterocycles. The van der Waals surface area contributed by atoms with E-state index in [1.54, 1.807) is 0 Å². The molecule has 84 valence electrons.